The second-order valence-corrected chi connectivity index (χ2v) is 9.42. The van der Waals surface area contributed by atoms with Crippen molar-refractivity contribution in [2.45, 2.75) is 19.1 Å². The molecule has 176 valence electrons. The number of ketones is 1. The van der Waals surface area contributed by atoms with E-state index in [1.54, 1.807) is 17.0 Å². The number of aliphatic hydroxyl groups is 1. The molecule has 0 spiro atoms. The van der Waals surface area contributed by atoms with Crippen LogP contribution in [0.15, 0.2) is 83.4 Å². The zero-order chi connectivity index (χ0) is 24.1. The second-order valence-electron chi connectivity index (χ2n) is 8.47. The fraction of sp³-hybridized carbons (Fsp3) is 0.259. The van der Waals surface area contributed by atoms with Crippen LogP contribution in [-0.4, -0.2) is 53.8 Å². The zero-order valence-electron chi connectivity index (χ0n) is 19.3. The van der Waals surface area contributed by atoms with Crippen molar-refractivity contribution in [3.63, 3.8) is 0 Å². The van der Waals surface area contributed by atoms with E-state index in [2.05, 4.69) is 0 Å². The molecule has 7 heteroatoms. The van der Waals surface area contributed by atoms with Crippen LogP contribution in [0.25, 0.3) is 0 Å². The summed E-state index contributed by atoms with van der Waals surface area (Å²) in [6.45, 7) is 1.61. The van der Waals surface area contributed by atoms with Gasteiger partial charge in [0.2, 0.25) is 5.78 Å². The molecular formula is C27H28N2O4S. The van der Waals surface area contributed by atoms with Crippen molar-refractivity contribution in [2.24, 2.45) is 0 Å². The number of hydrogen-bond donors (Lipinski definition) is 1. The van der Waals surface area contributed by atoms with E-state index in [-0.39, 0.29) is 11.4 Å². The van der Waals surface area contributed by atoms with Crippen molar-refractivity contribution in [1.29, 1.82) is 0 Å². The molecule has 0 radical (unpaired) electrons. The predicted octanol–water partition coefficient (Wildman–Crippen LogP) is 4.86. The quantitative estimate of drug-likeness (QED) is 0.423. The Morgan fingerprint density at radius 1 is 1.09 bits per heavy atom. The molecule has 1 unspecified atom stereocenters. The van der Waals surface area contributed by atoms with Gasteiger partial charge in [-0.3, -0.25) is 9.59 Å². The predicted molar refractivity (Wildman–Crippen MR) is 133 cm³/mol. The van der Waals surface area contributed by atoms with E-state index in [0.29, 0.717) is 30.2 Å². The third-order valence-electron chi connectivity index (χ3n) is 5.72. The SMILES string of the molecule is CN(C)CCCN1C(=O)C(O)=C(C(=O)c2cccs2)C1c1cccc(OCc2ccccc2)c1. The molecule has 34 heavy (non-hydrogen) atoms. The van der Waals surface area contributed by atoms with Crippen molar-refractivity contribution in [3.8, 4) is 5.75 Å². The van der Waals surface area contributed by atoms with E-state index in [9.17, 15) is 14.7 Å². The standard InChI is InChI=1S/C27H28N2O4S/c1-28(2)14-8-15-29-24(23(26(31)27(29)32)25(30)22-13-7-16-34-22)20-11-6-12-21(17-20)33-18-19-9-4-3-5-10-19/h3-7,9-13,16-17,24,31H,8,14-15,18H2,1-2H3. The molecule has 2 heterocycles. The van der Waals surface area contributed by atoms with Crippen LogP contribution in [0.3, 0.4) is 0 Å². The number of Topliss-reactive ketones (excluding diaryl/α,β-unsaturated/α-hetero) is 1. The van der Waals surface area contributed by atoms with Gasteiger partial charge in [-0.1, -0.05) is 48.5 Å². The first-order valence-corrected chi connectivity index (χ1v) is 12.1. The number of rotatable bonds is 10. The van der Waals surface area contributed by atoms with Gasteiger partial charge in [-0.05, 0) is 61.8 Å². The van der Waals surface area contributed by atoms with Gasteiger partial charge in [0.15, 0.2) is 5.76 Å². The highest BCUT2D eigenvalue weighted by molar-refractivity contribution is 7.12. The smallest absolute Gasteiger partial charge is 0.290 e. The maximum Gasteiger partial charge on any atom is 0.290 e. The lowest BCUT2D eigenvalue weighted by Gasteiger charge is -2.27. The van der Waals surface area contributed by atoms with Crippen molar-refractivity contribution in [2.75, 3.05) is 27.2 Å². The Hall–Kier alpha value is -3.42. The van der Waals surface area contributed by atoms with Gasteiger partial charge in [0, 0.05) is 6.54 Å². The van der Waals surface area contributed by atoms with Gasteiger partial charge in [-0.25, -0.2) is 0 Å². The number of carbonyl (C=O) groups is 2. The van der Waals surface area contributed by atoms with Gasteiger partial charge in [0.1, 0.15) is 12.4 Å². The molecule has 6 nitrogen and oxygen atoms in total. The number of amides is 1. The van der Waals surface area contributed by atoms with Gasteiger partial charge in [0.05, 0.1) is 16.5 Å². The van der Waals surface area contributed by atoms with Gasteiger partial charge < -0.3 is 19.6 Å². The van der Waals surface area contributed by atoms with Crippen LogP contribution in [0.2, 0.25) is 0 Å². The second kappa shape index (κ2) is 10.7. The number of hydrogen-bond acceptors (Lipinski definition) is 6. The molecule has 1 N–H and O–H groups in total. The highest BCUT2D eigenvalue weighted by atomic mass is 32.1. The fourth-order valence-electron chi connectivity index (χ4n) is 4.08. The first-order chi connectivity index (χ1) is 16.5. The Kier molecular flexibility index (Phi) is 7.45. The van der Waals surface area contributed by atoms with Gasteiger partial charge in [-0.15, -0.1) is 11.3 Å². The van der Waals surface area contributed by atoms with Crippen molar-refractivity contribution in [3.05, 3.63) is 99.4 Å². The summed E-state index contributed by atoms with van der Waals surface area (Å²) in [7, 11) is 3.94. The summed E-state index contributed by atoms with van der Waals surface area (Å²) in [5, 5.41) is 12.6. The summed E-state index contributed by atoms with van der Waals surface area (Å²) in [6, 6.07) is 20.1. The molecule has 1 aliphatic heterocycles. The molecule has 1 amide bonds. The molecule has 1 atom stereocenters. The fourth-order valence-corrected chi connectivity index (χ4v) is 4.75. The number of nitrogens with zero attached hydrogens (tertiary/aromatic N) is 2. The van der Waals surface area contributed by atoms with E-state index >= 15 is 0 Å². The minimum atomic E-state index is -0.676. The number of thiophene rings is 1. The van der Waals surface area contributed by atoms with Crippen LogP contribution in [0, 0.1) is 0 Å². The topological polar surface area (TPSA) is 70.1 Å². The van der Waals surface area contributed by atoms with E-state index in [4.69, 9.17) is 4.74 Å². The monoisotopic (exact) mass is 476 g/mol. The van der Waals surface area contributed by atoms with Gasteiger partial charge in [0.25, 0.3) is 5.91 Å². The van der Waals surface area contributed by atoms with E-state index in [1.165, 1.54) is 11.3 Å². The first-order valence-electron chi connectivity index (χ1n) is 11.2. The average Bonchev–Trinajstić information content (AvgIpc) is 3.46. The lowest BCUT2D eigenvalue weighted by Crippen LogP contribution is -2.33. The molecular weight excluding hydrogens is 448 g/mol. The molecule has 1 aromatic heterocycles. The molecule has 3 aromatic rings. The number of ether oxygens (including phenoxy) is 1. The first kappa shape index (κ1) is 23.7. The summed E-state index contributed by atoms with van der Waals surface area (Å²) >= 11 is 1.29. The average molecular weight is 477 g/mol. The van der Waals surface area contributed by atoms with Crippen LogP contribution in [0.1, 0.15) is 33.3 Å². The molecule has 1 aliphatic rings. The molecule has 0 saturated heterocycles. The Balaban J connectivity index is 1.65. The summed E-state index contributed by atoms with van der Waals surface area (Å²) in [4.78, 5) is 30.5. The summed E-state index contributed by atoms with van der Waals surface area (Å²) in [5.41, 5.74) is 1.89. The lowest BCUT2D eigenvalue weighted by atomic mass is 9.95. The molecule has 0 aliphatic carbocycles. The maximum atomic E-state index is 13.3. The molecule has 4 rings (SSSR count). The Morgan fingerprint density at radius 2 is 1.88 bits per heavy atom. The van der Waals surface area contributed by atoms with E-state index < -0.39 is 17.7 Å². The van der Waals surface area contributed by atoms with Crippen LogP contribution < -0.4 is 4.74 Å². The van der Waals surface area contributed by atoms with Crippen LogP contribution in [-0.2, 0) is 11.4 Å². The summed E-state index contributed by atoms with van der Waals surface area (Å²) < 4.78 is 5.99. The van der Waals surface area contributed by atoms with Gasteiger partial charge >= 0.3 is 0 Å². The number of carbonyl (C=O) groups excluding carboxylic acids is 2. The van der Waals surface area contributed by atoms with Crippen LogP contribution in [0.5, 0.6) is 5.75 Å². The number of benzene rings is 2. The van der Waals surface area contributed by atoms with Gasteiger partial charge in [-0.2, -0.15) is 0 Å². The summed E-state index contributed by atoms with van der Waals surface area (Å²) in [5.74, 6) is -0.670. The highest BCUT2D eigenvalue weighted by Crippen LogP contribution is 2.40. The van der Waals surface area contributed by atoms with Crippen molar-refractivity contribution < 1.29 is 19.4 Å². The van der Waals surface area contributed by atoms with Crippen LogP contribution >= 0.6 is 11.3 Å². The maximum absolute atomic E-state index is 13.3. The molecule has 0 fully saturated rings. The minimum absolute atomic E-state index is 0.123. The minimum Gasteiger partial charge on any atom is -0.503 e. The van der Waals surface area contributed by atoms with Crippen LogP contribution in [0.4, 0.5) is 0 Å². The third kappa shape index (κ3) is 5.21. The van der Waals surface area contributed by atoms with E-state index in [1.807, 2.05) is 79.0 Å². The van der Waals surface area contributed by atoms with Crippen molar-refractivity contribution >= 4 is 23.0 Å². The Labute approximate surface area is 203 Å². The molecule has 0 bridgehead atoms. The Morgan fingerprint density at radius 3 is 2.59 bits per heavy atom. The molecule has 2 aromatic carbocycles. The lowest BCUT2D eigenvalue weighted by molar-refractivity contribution is -0.129. The zero-order valence-corrected chi connectivity index (χ0v) is 20.1. The van der Waals surface area contributed by atoms with E-state index in [0.717, 1.165) is 17.7 Å². The Bertz CT molecular complexity index is 1170. The number of aliphatic hydroxyl groups excluding tert-OH is 1. The highest BCUT2D eigenvalue weighted by Gasteiger charge is 2.43. The normalized spacial score (nSPS) is 15.9. The molecule has 0 saturated carbocycles. The third-order valence-corrected chi connectivity index (χ3v) is 6.59. The summed E-state index contributed by atoms with van der Waals surface area (Å²) in [6.07, 6.45) is 0.715. The van der Waals surface area contributed by atoms with Crippen molar-refractivity contribution in [1.82, 2.24) is 9.80 Å². The largest absolute Gasteiger partial charge is 0.503 e.